The van der Waals surface area contributed by atoms with Crippen LogP contribution in [-0.4, -0.2) is 40.0 Å². The number of fused-ring (bicyclic) bond motifs is 7. The second kappa shape index (κ2) is 8.31. The van der Waals surface area contributed by atoms with Crippen LogP contribution in [-0.2, 0) is 20.4 Å². The number of anilines is 1. The van der Waals surface area contributed by atoms with Gasteiger partial charge in [-0.1, -0.05) is 39.8 Å². The highest BCUT2D eigenvalue weighted by molar-refractivity contribution is 6.15. The van der Waals surface area contributed by atoms with Gasteiger partial charge in [-0.2, -0.15) is 10.2 Å². The molecule has 0 radical (unpaired) electrons. The van der Waals surface area contributed by atoms with E-state index in [1.165, 1.54) is 16.8 Å². The molecule has 0 saturated heterocycles. The van der Waals surface area contributed by atoms with E-state index in [-0.39, 0.29) is 28.5 Å². The summed E-state index contributed by atoms with van der Waals surface area (Å²) in [7, 11) is 0. The van der Waals surface area contributed by atoms with E-state index in [1.54, 1.807) is 11.3 Å². The number of carbonyl (C=O) groups is 1. The molecule has 0 spiro atoms. The average Bonchev–Trinajstić information content (AvgIpc) is 3.31. The molecule has 202 valence electrons. The SMILES string of the molecule is CCOC(=O)/C(C#N)=c1\nc2c(c3nc4ccccc4n13)=Cc1cc3c4c(c1O2)C(C)(C)CCN4CCC3(C)C. The van der Waals surface area contributed by atoms with Crippen molar-refractivity contribution in [1.82, 2.24) is 14.4 Å². The van der Waals surface area contributed by atoms with Gasteiger partial charge in [-0.05, 0) is 60.4 Å². The molecule has 7 rings (SSSR count). The number of imidazole rings is 1. The summed E-state index contributed by atoms with van der Waals surface area (Å²) in [6.45, 7) is 13.1. The van der Waals surface area contributed by atoms with Gasteiger partial charge in [0.25, 0.3) is 0 Å². The minimum absolute atomic E-state index is 0.0346. The van der Waals surface area contributed by atoms with E-state index >= 15 is 0 Å². The third kappa shape index (κ3) is 3.33. The zero-order valence-electron chi connectivity index (χ0n) is 23.5. The lowest BCUT2D eigenvalue weighted by molar-refractivity contribution is -0.136. The van der Waals surface area contributed by atoms with Gasteiger partial charge in [0.1, 0.15) is 11.8 Å². The fourth-order valence-corrected chi connectivity index (χ4v) is 6.53. The molecule has 0 aliphatic carbocycles. The van der Waals surface area contributed by atoms with Crippen molar-refractivity contribution in [1.29, 1.82) is 5.26 Å². The first-order valence-electron chi connectivity index (χ1n) is 13.9. The highest BCUT2D eigenvalue weighted by Crippen LogP contribution is 2.54. The van der Waals surface area contributed by atoms with Gasteiger partial charge in [-0.15, -0.1) is 0 Å². The van der Waals surface area contributed by atoms with E-state index in [9.17, 15) is 10.1 Å². The molecule has 40 heavy (non-hydrogen) atoms. The molecule has 5 heterocycles. The molecule has 3 aliphatic heterocycles. The Morgan fingerprint density at radius 1 is 1.12 bits per heavy atom. The average molecular weight is 534 g/mol. The van der Waals surface area contributed by atoms with Crippen LogP contribution in [0.4, 0.5) is 5.69 Å². The smallest absolute Gasteiger partial charge is 0.352 e. The largest absolute Gasteiger partial charge is 0.462 e. The molecule has 0 saturated carbocycles. The van der Waals surface area contributed by atoms with Gasteiger partial charge in [0.2, 0.25) is 5.88 Å². The third-order valence-electron chi connectivity index (χ3n) is 8.78. The zero-order chi connectivity index (χ0) is 28.0. The van der Waals surface area contributed by atoms with E-state index in [4.69, 9.17) is 19.4 Å². The summed E-state index contributed by atoms with van der Waals surface area (Å²) in [4.78, 5) is 25.1. The van der Waals surface area contributed by atoms with Gasteiger partial charge in [0.05, 0.1) is 22.9 Å². The van der Waals surface area contributed by atoms with Crippen LogP contribution in [0.5, 0.6) is 11.6 Å². The molecule has 8 heteroatoms. The summed E-state index contributed by atoms with van der Waals surface area (Å²) in [6.07, 6.45) is 4.22. The van der Waals surface area contributed by atoms with Gasteiger partial charge < -0.3 is 14.4 Å². The predicted octanol–water partition coefficient (Wildman–Crippen LogP) is 4.22. The fourth-order valence-electron chi connectivity index (χ4n) is 6.53. The molecule has 0 atom stereocenters. The Bertz CT molecular complexity index is 1940. The van der Waals surface area contributed by atoms with Crippen LogP contribution >= 0.6 is 0 Å². The summed E-state index contributed by atoms with van der Waals surface area (Å²) in [5, 5.41) is 10.8. The Morgan fingerprint density at radius 2 is 1.88 bits per heavy atom. The van der Waals surface area contributed by atoms with E-state index in [0.717, 1.165) is 53.5 Å². The lowest BCUT2D eigenvalue weighted by atomic mass is 9.68. The van der Waals surface area contributed by atoms with Gasteiger partial charge in [-0.3, -0.25) is 4.40 Å². The summed E-state index contributed by atoms with van der Waals surface area (Å²) in [6, 6.07) is 11.9. The molecule has 0 unspecified atom stereocenters. The monoisotopic (exact) mass is 533 g/mol. The van der Waals surface area contributed by atoms with Crippen molar-refractivity contribution in [2.24, 2.45) is 0 Å². The molecule has 2 aromatic heterocycles. The van der Waals surface area contributed by atoms with Crippen molar-refractivity contribution in [2.75, 3.05) is 24.6 Å². The molecule has 0 bridgehead atoms. The van der Waals surface area contributed by atoms with Crippen LogP contribution in [0.3, 0.4) is 0 Å². The Hall–Kier alpha value is -4.38. The summed E-state index contributed by atoms with van der Waals surface area (Å²) < 4.78 is 13.7. The Labute approximate surface area is 232 Å². The maximum absolute atomic E-state index is 12.9. The molecular formula is C32H31N5O3. The van der Waals surface area contributed by atoms with Crippen LogP contribution < -0.4 is 20.3 Å². The van der Waals surface area contributed by atoms with Crippen molar-refractivity contribution in [3.8, 4) is 17.7 Å². The van der Waals surface area contributed by atoms with Gasteiger partial charge in [0, 0.05) is 29.9 Å². The van der Waals surface area contributed by atoms with Gasteiger partial charge >= 0.3 is 5.97 Å². The number of ether oxygens (including phenoxy) is 2. The number of esters is 1. The van der Waals surface area contributed by atoms with Crippen molar-refractivity contribution >= 4 is 40.0 Å². The van der Waals surface area contributed by atoms with E-state index in [2.05, 4.69) is 44.7 Å². The Morgan fingerprint density at radius 3 is 2.62 bits per heavy atom. The van der Waals surface area contributed by atoms with Crippen LogP contribution in [0, 0.1) is 11.3 Å². The highest BCUT2D eigenvalue weighted by Gasteiger charge is 2.43. The number of hydrogen-bond acceptors (Lipinski definition) is 7. The third-order valence-corrected chi connectivity index (χ3v) is 8.78. The fraction of sp³-hybridized carbons (Fsp3) is 0.375. The van der Waals surface area contributed by atoms with Gasteiger partial charge in [-0.25, -0.2) is 9.78 Å². The van der Waals surface area contributed by atoms with Crippen LogP contribution in [0.2, 0.25) is 0 Å². The number of benzene rings is 2. The zero-order valence-corrected chi connectivity index (χ0v) is 23.5. The quantitative estimate of drug-likeness (QED) is 0.314. The number of aromatic nitrogens is 3. The summed E-state index contributed by atoms with van der Waals surface area (Å²) in [5.74, 6) is 0.411. The molecular weight excluding hydrogens is 502 g/mol. The first-order chi connectivity index (χ1) is 19.1. The molecule has 4 aromatic rings. The first-order valence-corrected chi connectivity index (χ1v) is 13.9. The molecule has 0 N–H and O–H groups in total. The van der Waals surface area contributed by atoms with E-state index in [1.807, 2.05) is 30.3 Å². The normalized spacial score (nSPS) is 18.6. The molecule has 3 aliphatic rings. The molecule has 8 nitrogen and oxygen atoms in total. The van der Waals surface area contributed by atoms with Crippen molar-refractivity contribution in [2.45, 2.75) is 58.3 Å². The second-order valence-corrected chi connectivity index (χ2v) is 12.2. The number of rotatable bonds is 2. The summed E-state index contributed by atoms with van der Waals surface area (Å²) >= 11 is 0. The maximum atomic E-state index is 12.9. The first kappa shape index (κ1) is 24.6. The number of hydrogen-bond donors (Lipinski definition) is 0. The maximum Gasteiger partial charge on any atom is 0.352 e. The topological polar surface area (TPSA) is 92.8 Å². The number of carbonyl (C=O) groups excluding carboxylic acids is 1. The Balaban J connectivity index is 1.62. The lowest BCUT2D eigenvalue weighted by Crippen LogP contribution is -2.45. The van der Waals surface area contributed by atoms with Gasteiger partial charge in [0.15, 0.2) is 16.7 Å². The second-order valence-electron chi connectivity index (χ2n) is 12.2. The predicted molar refractivity (Wildman–Crippen MR) is 153 cm³/mol. The minimum Gasteiger partial charge on any atom is -0.462 e. The molecule has 0 amide bonds. The van der Waals surface area contributed by atoms with E-state index < -0.39 is 5.97 Å². The van der Waals surface area contributed by atoms with Crippen LogP contribution in [0.15, 0.2) is 30.3 Å². The highest BCUT2D eigenvalue weighted by atomic mass is 16.5. The van der Waals surface area contributed by atoms with Crippen molar-refractivity contribution in [3.63, 3.8) is 0 Å². The number of nitrogens with zero attached hydrogens (tertiary/aromatic N) is 5. The molecule has 0 fully saturated rings. The van der Waals surface area contributed by atoms with E-state index in [0.29, 0.717) is 11.5 Å². The lowest BCUT2D eigenvalue weighted by Gasteiger charge is -2.49. The Kier molecular flexibility index (Phi) is 5.12. The summed E-state index contributed by atoms with van der Waals surface area (Å²) in [5.41, 5.74) is 6.80. The minimum atomic E-state index is -0.722. The van der Waals surface area contributed by atoms with Crippen molar-refractivity contribution in [3.05, 3.63) is 57.7 Å². The number of para-hydroxylation sites is 2. The standard InChI is InChI=1S/C32H31N5O3/c1-6-39-30(38)20(17-33)28-35-29-19(27-34-22-9-7-8-10-23(22)37(27)28)15-18-16-21-25-24(26(18)40-29)32(4,5)12-14-36(25)13-11-31(21,2)3/h7-10,15-16H,6,11-14H2,1-5H3/b28-20+. The van der Waals surface area contributed by atoms with Crippen molar-refractivity contribution < 1.29 is 14.3 Å². The van der Waals surface area contributed by atoms with Crippen LogP contribution in [0.25, 0.3) is 28.3 Å². The van der Waals surface area contributed by atoms with Crippen LogP contribution in [0.1, 0.15) is 64.2 Å². The number of nitriles is 1. The molecule has 2 aromatic carbocycles.